The van der Waals surface area contributed by atoms with E-state index in [4.69, 9.17) is 0 Å². The molecule has 20 heavy (non-hydrogen) atoms. The molecule has 1 atom stereocenters. The fraction of sp³-hybridized carbons (Fsp3) is 0.444. The van der Waals surface area contributed by atoms with Gasteiger partial charge in [-0.3, -0.25) is 0 Å². The van der Waals surface area contributed by atoms with E-state index in [2.05, 4.69) is 49.5 Å². The van der Waals surface area contributed by atoms with E-state index in [1.165, 1.54) is 41.8 Å². The average molecular weight is 285 g/mol. The van der Waals surface area contributed by atoms with Crippen LogP contribution in [0.25, 0.3) is 0 Å². The summed E-state index contributed by atoms with van der Waals surface area (Å²) in [6.45, 7) is 4.50. The highest BCUT2D eigenvalue weighted by Crippen LogP contribution is 2.34. The third kappa shape index (κ3) is 2.76. The van der Waals surface area contributed by atoms with Gasteiger partial charge >= 0.3 is 0 Å². The Bertz CT molecular complexity index is 561. The van der Waals surface area contributed by atoms with Crippen LogP contribution < -0.4 is 5.32 Å². The number of nitrogens with one attached hydrogen (secondary N) is 1. The van der Waals surface area contributed by atoms with Crippen molar-refractivity contribution in [2.45, 2.75) is 52.0 Å². The van der Waals surface area contributed by atoms with E-state index in [-0.39, 0.29) is 0 Å². The highest BCUT2D eigenvalue weighted by molar-refractivity contribution is 7.12. The molecule has 0 aliphatic heterocycles. The minimum Gasteiger partial charge on any atom is -0.377 e. The van der Waals surface area contributed by atoms with Crippen LogP contribution in [0.2, 0.25) is 0 Å². The van der Waals surface area contributed by atoms with E-state index >= 15 is 0 Å². The van der Waals surface area contributed by atoms with Crippen LogP contribution in [0.15, 0.2) is 30.3 Å². The van der Waals surface area contributed by atoms with Gasteiger partial charge in [0.05, 0.1) is 6.04 Å². The van der Waals surface area contributed by atoms with Gasteiger partial charge in [-0.2, -0.15) is 0 Å². The molecule has 0 radical (unpaired) electrons. The molecule has 0 saturated heterocycles. The summed E-state index contributed by atoms with van der Waals surface area (Å²) >= 11 is 2.01. The number of thiophene rings is 1. The zero-order chi connectivity index (χ0) is 13.9. The molecular formula is C18H23NS. The quantitative estimate of drug-likeness (QED) is 0.797. The molecular weight excluding hydrogens is 262 g/mol. The SMILES string of the molecule is CCc1ccccc1NC(C)c1cc2c(s1)CCCC2. The standard InChI is InChI=1S/C18H23NS/c1-3-14-8-4-6-10-16(14)19-13(2)18-12-15-9-5-7-11-17(15)20-18/h4,6,8,10,12-13,19H,3,5,7,9,11H2,1-2H3. The molecule has 2 aromatic rings. The van der Waals surface area contributed by atoms with Crippen molar-refractivity contribution in [2.75, 3.05) is 5.32 Å². The molecule has 0 fully saturated rings. The van der Waals surface area contributed by atoms with Crippen molar-refractivity contribution in [3.63, 3.8) is 0 Å². The summed E-state index contributed by atoms with van der Waals surface area (Å²) in [5, 5.41) is 3.70. The summed E-state index contributed by atoms with van der Waals surface area (Å²) in [5.41, 5.74) is 4.29. The van der Waals surface area contributed by atoms with Crippen molar-refractivity contribution in [1.29, 1.82) is 0 Å². The van der Waals surface area contributed by atoms with Gasteiger partial charge < -0.3 is 5.32 Å². The fourth-order valence-corrected chi connectivity index (χ4v) is 4.26. The van der Waals surface area contributed by atoms with Crippen molar-refractivity contribution in [1.82, 2.24) is 0 Å². The van der Waals surface area contributed by atoms with Crippen LogP contribution in [0.1, 0.15) is 53.6 Å². The van der Waals surface area contributed by atoms with Crippen LogP contribution >= 0.6 is 11.3 Å². The monoisotopic (exact) mass is 285 g/mol. The molecule has 1 N–H and O–H groups in total. The van der Waals surface area contributed by atoms with Gasteiger partial charge in [0.15, 0.2) is 0 Å². The van der Waals surface area contributed by atoms with Crippen molar-refractivity contribution in [3.05, 3.63) is 51.2 Å². The summed E-state index contributed by atoms with van der Waals surface area (Å²) in [7, 11) is 0. The average Bonchev–Trinajstić information content (AvgIpc) is 2.92. The zero-order valence-corrected chi connectivity index (χ0v) is 13.2. The number of rotatable bonds is 4. The molecule has 1 aliphatic rings. The van der Waals surface area contributed by atoms with Gasteiger partial charge in [-0.15, -0.1) is 11.3 Å². The maximum atomic E-state index is 3.70. The largest absolute Gasteiger partial charge is 0.377 e. The van der Waals surface area contributed by atoms with E-state index in [0.29, 0.717) is 6.04 Å². The Morgan fingerprint density at radius 1 is 1.20 bits per heavy atom. The van der Waals surface area contributed by atoms with Crippen molar-refractivity contribution < 1.29 is 0 Å². The summed E-state index contributed by atoms with van der Waals surface area (Å²) < 4.78 is 0. The van der Waals surface area contributed by atoms with Gasteiger partial charge in [0.2, 0.25) is 0 Å². The van der Waals surface area contributed by atoms with Crippen LogP contribution in [-0.2, 0) is 19.3 Å². The lowest BCUT2D eigenvalue weighted by molar-refractivity contribution is 0.696. The highest BCUT2D eigenvalue weighted by atomic mass is 32.1. The van der Waals surface area contributed by atoms with Crippen LogP contribution in [0, 0.1) is 0 Å². The second-order valence-electron chi connectivity index (χ2n) is 5.68. The Hall–Kier alpha value is -1.28. The summed E-state index contributed by atoms with van der Waals surface area (Å²) in [5.74, 6) is 0. The lowest BCUT2D eigenvalue weighted by atomic mass is 9.99. The van der Waals surface area contributed by atoms with Crippen molar-refractivity contribution in [2.24, 2.45) is 0 Å². The van der Waals surface area contributed by atoms with E-state index in [1.54, 1.807) is 10.4 Å². The third-order valence-corrected chi connectivity index (χ3v) is 5.63. The van der Waals surface area contributed by atoms with Crippen LogP contribution in [0.5, 0.6) is 0 Å². The smallest absolute Gasteiger partial charge is 0.0578 e. The Labute approximate surface area is 126 Å². The fourth-order valence-electron chi connectivity index (χ4n) is 3.00. The van der Waals surface area contributed by atoms with Crippen LogP contribution in [0.3, 0.4) is 0 Å². The molecule has 0 saturated carbocycles. The van der Waals surface area contributed by atoms with Crippen LogP contribution in [0.4, 0.5) is 5.69 Å². The zero-order valence-electron chi connectivity index (χ0n) is 12.4. The van der Waals surface area contributed by atoms with Gasteiger partial charge in [-0.05, 0) is 62.3 Å². The molecule has 0 amide bonds. The number of hydrogen-bond donors (Lipinski definition) is 1. The lowest BCUT2D eigenvalue weighted by Gasteiger charge is -2.16. The maximum Gasteiger partial charge on any atom is 0.0578 e. The number of anilines is 1. The minimum atomic E-state index is 0.401. The number of hydrogen-bond acceptors (Lipinski definition) is 2. The Morgan fingerprint density at radius 2 is 2.00 bits per heavy atom. The van der Waals surface area contributed by atoms with E-state index in [1.807, 2.05) is 11.3 Å². The van der Waals surface area contributed by atoms with Gasteiger partial charge in [-0.1, -0.05) is 25.1 Å². The van der Waals surface area contributed by atoms with E-state index < -0.39 is 0 Å². The van der Waals surface area contributed by atoms with Gasteiger partial charge in [0.25, 0.3) is 0 Å². The number of para-hydroxylation sites is 1. The first kappa shape index (κ1) is 13.7. The molecule has 1 aromatic carbocycles. The van der Waals surface area contributed by atoms with Gasteiger partial charge in [-0.25, -0.2) is 0 Å². The summed E-state index contributed by atoms with van der Waals surface area (Å²) in [4.78, 5) is 3.12. The highest BCUT2D eigenvalue weighted by Gasteiger charge is 2.16. The Balaban J connectivity index is 1.79. The molecule has 0 spiro atoms. The second-order valence-corrected chi connectivity index (χ2v) is 6.85. The molecule has 2 heteroatoms. The molecule has 1 unspecified atom stereocenters. The number of aryl methyl sites for hydroxylation is 3. The predicted molar refractivity (Wildman–Crippen MR) is 88.8 cm³/mol. The summed E-state index contributed by atoms with van der Waals surface area (Å²) in [6, 6.07) is 11.5. The first-order valence-corrected chi connectivity index (χ1v) is 8.55. The van der Waals surface area contributed by atoms with Gasteiger partial charge in [0, 0.05) is 15.4 Å². The van der Waals surface area contributed by atoms with Crippen molar-refractivity contribution >= 4 is 17.0 Å². The first-order chi connectivity index (χ1) is 9.78. The molecule has 3 rings (SSSR count). The van der Waals surface area contributed by atoms with Gasteiger partial charge in [0.1, 0.15) is 0 Å². The van der Waals surface area contributed by atoms with E-state index in [9.17, 15) is 0 Å². The molecule has 0 bridgehead atoms. The molecule has 1 aliphatic carbocycles. The Kier molecular flexibility index (Phi) is 4.11. The second kappa shape index (κ2) is 6.01. The minimum absolute atomic E-state index is 0.401. The predicted octanol–water partition coefficient (Wildman–Crippen LogP) is 5.36. The van der Waals surface area contributed by atoms with E-state index in [0.717, 1.165) is 6.42 Å². The third-order valence-electron chi connectivity index (χ3n) is 4.21. The first-order valence-electron chi connectivity index (χ1n) is 7.74. The maximum absolute atomic E-state index is 3.70. The normalized spacial score (nSPS) is 15.7. The number of fused-ring (bicyclic) bond motifs is 1. The molecule has 106 valence electrons. The van der Waals surface area contributed by atoms with Crippen LogP contribution in [-0.4, -0.2) is 0 Å². The van der Waals surface area contributed by atoms with Crippen molar-refractivity contribution in [3.8, 4) is 0 Å². The molecule has 1 aromatic heterocycles. The molecule has 1 heterocycles. The topological polar surface area (TPSA) is 12.0 Å². The summed E-state index contributed by atoms with van der Waals surface area (Å²) in [6.07, 6.45) is 6.39. The Morgan fingerprint density at radius 3 is 2.80 bits per heavy atom. The lowest BCUT2D eigenvalue weighted by Crippen LogP contribution is -2.06. The number of benzene rings is 1. The molecule has 1 nitrogen and oxygen atoms in total.